The number of aryl methyl sites for hydroxylation is 3. The molecule has 0 atom stereocenters. The SMILES string of the molecule is CSc1cc(-c2cc(C)c(C)o2)ccc1Nc1cc(NC(=O)C2CC2)nc2nc(C)[nH]c12. The number of carbonyl (C=O) groups excluding carboxylic acids is 1. The van der Waals surface area contributed by atoms with Gasteiger partial charge in [0.15, 0.2) is 5.65 Å². The summed E-state index contributed by atoms with van der Waals surface area (Å²) < 4.78 is 5.90. The van der Waals surface area contributed by atoms with E-state index in [0.717, 1.165) is 63.1 Å². The molecule has 8 heteroatoms. The molecule has 1 fully saturated rings. The van der Waals surface area contributed by atoms with Crippen LogP contribution in [0.1, 0.15) is 30.0 Å². The minimum absolute atomic E-state index is 0.0215. The summed E-state index contributed by atoms with van der Waals surface area (Å²) in [5.74, 6) is 3.20. The number of nitrogens with zero attached hydrogens (tertiary/aromatic N) is 2. The van der Waals surface area contributed by atoms with Crippen LogP contribution in [0.4, 0.5) is 17.2 Å². The first-order valence-corrected chi connectivity index (χ1v) is 11.8. The zero-order chi connectivity index (χ0) is 22.4. The number of benzene rings is 1. The number of amides is 1. The van der Waals surface area contributed by atoms with Crippen molar-refractivity contribution in [1.82, 2.24) is 15.0 Å². The van der Waals surface area contributed by atoms with Gasteiger partial charge in [-0.2, -0.15) is 0 Å². The van der Waals surface area contributed by atoms with Crippen molar-refractivity contribution in [1.29, 1.82) is 0 Å². The molecule has 0 spiro atoms. The zero-order valence-electron chi connectivity index (χ0n) is 18.5. The van der Waals surface area contributed by atoms with E-state index in [9.17, 15) is 4.79 Å². The molecule has 1 saturated carbocycles. The number of carbonyl (C=O) groups is 1. The topological polar surface area (TPSA) is 95.8 Å². The second-order valence-electron chi connectivity index (χ2n) is 8.23. The van der Waals surface area contributed by atoms with Gasteiger partial charge in [-0.25, -0.2) is 9.97 Å². The number of aromatic amines is 1. The molecule has 164 valence electrons. The van der Waals surface area contributed by atoms with Crippen LogP contribution in [0.5, 0.6) is 0 Å². The summed E-state index contributed by atoms with van der Waals surface area (Å²) in [5.41, 5.74) is 5.32. The Labute approximate surface area is 190 Å². The Morgan fingerprint density at radius 2 is 1.94 bits per heavy atom. The quantitative estimate of drug-likeness (QED) is 0.316. The third-order valence-corrected chi connectivity index (χ3v) is 6.48. The van der Waals surface area contributed by atoms with Crippen molar-refractivity contribution < 1.29 is 9.21 Å². The summed E-state index contributed by atoms with van der Waals surface area (Å²) >= 11 is 1.66. The molecule has 4 aromatic rings. The van der Waals surface area contributed by atoms with Crippen LogP contribution in [0.3, 0.4) is 0 Å². The summed E-state index contributed by atoms with van der Waals surface area (Å²) in [6.45, 7) is 5.92. The molecule has 3 N–H and O–H groups in total. The normalized spacial score (nSPS) is 13.5. The van der Waals surface area contributed by atoms with E-state index < -0.39 is 0 Å². The van der Waals surface area contributed by atoms with E-state index in [1.807, 2.05) is 38.3 Å². The Hall–Kier alpha value is -3.26. The van der Waals surface area contributed by atoms with Gasteiger partial charge in [-0.3, -0.25) is 4.79 Å². The van der Waals surface area contributed by atoms with Gasteiger partial charge in [0.2, 0.25) is 5.91 Å². The van der Waals surface area contributed by atoms with Gasteiger partial charge >= 0.3 is 0 Å². The predicted molar refractivity (Wildman–Crippen MR) is 129 cm³/mol. The third-order valence-electron chi connectivity index (χ3n) is 5.70. The Kier molecular flexibility index (Phi) is 5.17. The first kappa shape index (κ1) is 20.6. The largest absolute Gasteiger partial charge is 0.461 e. The molecular weight excluding hydrogens is 422 g/mol. The molecular formula is C24H25N5O2S. The molecule has 0 unspecified atom stereocenters. The molecule has 0 radical (unpaired) electrons. The van der Waals surface area contributed by atoms with Gasteiger partial charge in [0.25, 0.3) is 0 Å². The number of thioether (sulfide) groups is 1. The van der Waals surface area contributed by atoms with Crippen molar-refractivity contribution in [2.24, 2.45) is 5.92 Å². The van der Waals surface area contributed by atoms with Gasteiger partial charge in [-0.1, -0.05) is 0 Å². The molecule has 0 saturated heterocycles. The van der Waals surface area contributed by atoms with Gasteiger partial charge < -0.3 is 20.0 Å². The minimum atomic E-state index is 0.0215. The number of aromatic nitrogens is 3. The molecule has 1 aliphatic carbocycles. The summed E-state index contributed by atoms with van der Waals surface area (Å²) in [5, 5.41) is 6.46. The molecule has 1 amide bonds. The average molecular weight is 448 g/mol. The van der Waals surface area contributed by atoms with Crippen LogP contribution in [0.15, 0.2) is 39.6 Å². The lowest BCUT2D eigenvalue weighted by molar-refractivity contribution is -0.117. The average Bonchev–Trinajstić information content (AvgIpc) is 3.47. The van der Waals surface area contributed by atoms with E-state index in [1.54, 1.807) is 11.8 Å². The van der Waals surface area contributed by atoms with Crippen LogP contribution in [-0.2, 0) is 4.79 Å². The first-order valence-electron chi connectivity index (χ1n) is 10.6. The summed E-state index contributed by atoms with van der Waals surface area (Å²) in [4.78, 5) is 25.6. The standard InChI is InChI=1S/C24H25N5O2S/c1-12-9-19(31-13(12)2)16-7-8-17(20(10-16)32-4)27-18-11-21(29-24(30)15-5-6-15)28-23-22(18)25-14(3)26-23/h7-11,15H,5-6H2,1-4H3,(H3,25,26,27,28,29,30). The number of imidazole rings is 1. The van der Waals surface area contributed by atoms with E-state index in [-0.39, 0.29) is 11.8 Å². The fourth-order valence-corrected chi connectivity index (χ4v) is 4.23. The van der Waals surface area contributed by atoms with Gasteiger partial charge in [0, 0.05) is 22.4 Å². The number of H-pyrrole nitrogens is 1. The monoisotopic (exact) mass is 447 g/mol. The summed E-state index contributed by atoms with van der Waals surface area (Å²) in [6, 6.07) is 10.1. The molecule has 5 rings (SSSR count). The maximum Gasteiger partial charge on any atom is 0.228 e. The van der Waals surface area contributed by atoms with Gasteiger partial charge in [0.05, 0.1) is 11.4 Å². The highest BCUT2D eigenvalue weighted by Gasteiger charge is 2.30. The van der Waals surface area contributed by atoms with Crippen molar-refractivity contribution >= 4 is 46.0 Å². The highest BCUT2D eigenvalue weighted by molar-refractivity contribution is 7.98. The van der Waals surface area contributed by atoms with Crippen molar-refractivity contribution in [3.63, 3.8) is 0 Å². The predicted octanol–water partition coefficient (Wildman–Crippen LogP) is 5.96. The lowest BCUT2D eigenvalue weighted by Gasteiger charge is -2.14. The zero-order valence-corrected chi connectivity index (χ0v) is 19.3. The van der Waals surface area contributed by atoms with Crippen molar-refractivity contribution in [2.45, 2.75) is 38.5 Å². The van der Waals surface area contributed by atoms with Crippen molar-refractivity contribution in [2.75, 3.05) is 16.9 Å². The second-order valence-corrected chi connectivity index (χ2v) is 9.08. The van der Waals surface area contributed by atoms with Gasteiger partial charge in [-0.15, -0.1) is 11.8 Å². The number of pyridine rings is 1. The molecule has 32 heavy (non-hydrogen) atoms. The van der Waals surface area contributed by atoms with Crippen LogP contribution in [0.25, 0.3) is 22.5 Å². The van der Waals surface area contributed by atoms with E-state index in [4.69, 9.17) is 4.42 Å². The van der Waals surface area contributed by atoms with Crippen LogP contribution in [0.2, 0.25) is 0 Å². The Morgan fingerprint density at radius 1 is 1.12 bits per heavy atom. The fraction of sp³-hybridized carbons (Fsp3) is 0.292. The van der Waals surface area contributed by atoms with Crippen LogP contribution >= 0.6 is 11.8 Å². The van der Waals surface area contributed by atoms with Gasteiger partial charge in [0.1, 0.15) is 28.7 Å². The Balaban J connectivity index is 1.50. The van der Waals surface area contributed by atoms with Crippen molar-refractivity contribution in [3.8, 4) is 11.3 Å². The highest BCUT2D eigenvalue weighted by Crippen LogP contribution is 2.36. The number of hydrogen-bond donors (Lipinski definition) is 3. The Bertz CT molecular complexity index is 1320. The van der Waals surface area contributed by atoms with Crippen LogP contribution in [-0.4, -0.2) is 27.1 Å². The fourth-order valence-electron chi connectivity index (χ4n) is 3.65. The van der Waals surface area contributed by atoms with Gasteiger partial charge in [-0.05, 0) is 69.7 Å². The molecule has 3 heterocycles. The maximum atomic E-state index is 12.3. The minimum Gasteiger partial charge on any atom is -0.461 e. The highest BCUT2D eigenvalue weighted by atomic mass is 32.2. The first-order chi connectivity index (χ1) is 15.4. The number of rotatable bonds is 6. The number of anilines is 3. The molecule has 1 aliphatic rings. The number of hydrogen-bond acceptors (Lipinski definition) is 6. The van der Waals surface area contributed by atoms with Crippen molar-refractivity contribution in [3.05, 3.63) is 47.5 Å². The molecule has 0 aliphatic heterocycles. The summed E-state index contributed by atoms with van der Waals surface area (Å²) in [6.07, 6.45) is 3.93. The lowest BCUT2D eigenvalue weighted by atomic mass is 10.1. The van der Waals surface area contributed by atoms with E-state index in [0.29, 0.717) is 11.5 Å². The maximum absolute atomic E-state index is 12.3. The molecule has 1 aromatic carbocycles. The van der Waals surface area contributed by atoms with E-state index in [2.05, 4.69) is 44.6 Å². The number of furan rings is 1. The van der Waals surface area contributed by atoms with E-state index in [1.165, 1.54) is 0 Å². The summed E-state index contributed by atoms with van der Waals surface area (Å²) in [7, 11) is 0. The molecule has 3 aromatic heterocycles. The number of fused-ring (bicyclic) bond motifs is 1. The van der Waals surface area contributed by atoms with Crippen LogP contribution in [0, 0.1) is 26.7 Å². The Morgan fingerprint density at radius 3 is 2.62 bits per heavy atom. The smallest absolute Gasteiger partial charge is 0.228 e. The molecule has 7 nitrogen and oxygen atoms in total. The number of nitrogens with one attached hydrogen (secondary N) is 3. The molecule has 0 bridgehead atoms. The third kappa shape index (κ3) is 3.98. The van der Waals surface area contributed by atoms with E-state index >= 15 is 0 Å². The lowest BCUT2D eigenvalue weighted by Crippen LogP contribution is -2.14. The second kappa shape index (κ2) is 8.02. The van der Waals surface area contributed by atoms with Crippen LogP contribution < -0.4 is 10.6 Å².